The van der Waals surface area contributed by atoms with Crippen molar-refractivity contribution in [2.45, 2.75) is 42.5 Å². The molecule has 0 spiro atoms. The van der Waals surface area contributed by atoms with Gasteiger partial charge in [-0.3, -0.25) is 0 Å². The maximum Gasteiger partial charge on any atom is 0.243 e. The van der Waals surface area contributed by atoms with E-state index in [1.807, 2.05) is 10.9 Å². The standard InChI is InChI=1S/C17H20N4O3S/c22-25(23,15-3-4-17-13(9-15)6-8-24-17)20-7-5-14(10-20)21-11-16(18-19-21)12-1-2-12/h3-4,9,11-12,14H,1-2,5-8,10H2. The van der Waals surface area contributed by atoms with E-state index in [2.05, 4.69) is 10.3 Å². The summed E-state index contributed by atoms with van der Waals surface area (Å²) in [6, 6.07) is 5.23. The van der Waals surface area contributed by atoms with E-state index in [0.29, 0.717) is 30.5 Å². The van der Waals surface area contributed by atoms with Gasteiger partial charge >= 0.3 is 0 Å². The zero-order valence-electron chi connectivity index (χ0n) is 13.8. The van der Waals surface area contributed by atoms with Gasteiger partial charge in [0.25, 0.3) is 0 Å². The van der Waals surface area contributed by atoms with Crippen LogP contribution in [0.1, 0.15) is 42.5 Å². The van der Waals surface area contributed by atoms with Crippen molar-refractivity contribution in [2.75, 3.05) is 19.7 Å². The third-order valence-corrected chi connectivity index (χ3v) is 7.18. The largest absolute Gasteiger partial charge is 0.493 e. The summed E-state index contributed by atoms with van der Waals surface area (Å²) in [7, 11) is -3.48. The first kappa shape index (κ1) is 15.3. The topological polar surface area (TPSA) is 77.3 Å². The summed E-state index contributed by atoms with van der Waals surface area (Å²) in [5.41, 5.74) is 2.02. The minimum atomic E-state index is -3.48. The van der Waals surface area contributed by atoms with E-state index in [1.54, 1.807) is 22.5 Å². The van der Waals surface area contributed by atoms with E-state index in [9.17, 15) is 8.42 Å². The van der Waals surface area contributed by atoms with Gasteiger partial charge in [-0.25, -0.2) is 13.1 Å². The molecular formula is C17H20N4O3S. The van der Waals surface area contributed by atoms with Crippen molar-refractivity contribution < 1.29 is 13.2 Å². The van der Waals surface area contributed by atoms with Crippen LogP contribution in [0.4, 0.5) is 0 Å². The minimum Gasteiger partial charge on any atom is -0.493 e. The van der Waals surface area contributed by atoms with Gasteiger partial charge in [0, 0.05) is 31.6 Å². The molecule has 0 bridgehead atoms. The Morgan fingerprint density at radius 2 is 2.08 bits per heavy atom. The second-order valence-electron chi connectivity index (χ2n) is 7.07. The van der Waals surface area contributed by atoms with E-state index in [0.717, 1.165) is 29.8 Å². The van der Waals surface area contributed by atoms with Crippen LogP contribution >= 0.6 is 0 Å². The number of hydrogen-bond acceptors (Lipinski definition) is 5. The molecule has 3 heterocycles. The lowest BCUT2D eigenvalue weighted by Gasteiger charge is -2.17. The van der Waals surface area contributed by atoms with Gasteiger partial charge in [0.1, 0.15) is 5.75 Å². The predicted molar refractivity (Wildman–Crippen MR) is 90.1 cm³/mol. The summed E-state index contributed by atoms with van der Waals surface area (Å²) < 4.78 is 34.8. The zero-order chi connectivity index (χ0) is 17.0. The highest BCUT2D eigenvalue weighted by molar-refractivity contribution is 7.89. The highest BCUT2D eigenvalue weighted by Crippen LogP contribution is 2.39. The molecule has 132 valence electrons. The molecule has 0 amide bonds. The Labute approximate surface area is 146 Å². The summed E-state index contributed by atoms with van der Waals surface area (Å²) in [5, 5.41) is 8.46. The number of nitrogens with zero attached hydrogens (tertiary/aromatic N) is 4. The summed E-state index contributed by atoms with van der Waals surface area (Å²) in [6.45, 7) is 1.59. The fourth-order valence-electron chi connectivity index (χ4n) is 3.65. The molecule has 2 aliphatic heterocycles. The van der Waals surface area contributed by atoms with Gasteiger partial charge in [0.15, 0.2) is 0 Å². The lowest BCUT2D eigenvalue weighted by Crippen LogP contribution is -2.29. The molecule has 0 N–H and O–H groups in total. The van der Waals surface area contributed by atoms with Gasteiger partial charge in [-0.2, -0.15) is 4.31 Å². The smallest absolute Gasteiger partial charge is 0.243 e. The molecule has 2 fully saturated rings. The number of ether oxygens (including phenoxy) is 1. The van der Waals surface area contributed by atoms with E-state index >= 15 is 0 Å². The highest BCUT2D eigenvalue weighted by Gasteiger charge is 2.35. The first-order valence-electron chi connectivity index (χ1n) is 8.79. The van der Waals surface area contributed by atoms with Crippen LogP contribution in [-0.4, -0.2) is 47.4 Å². The molecule has 5 rings (SSSR count). The Hall–Kier alpha value is -1.93. The van der Waals surface area contributed by atoms with Crippen molar-refractivity contribution in [1.82, 2.24) is 19.3 Å². The van der Waals surface area contributed by atoms with Crippen molar-refractivity contribution in [3.05, 3.63) is 35.7 Å². The first-order valence-corrected chi connectivity index (χ1v) is 10.2. The summed E-state index contributed by atoms with van der Waals surface area (Å²) >= 11 is 0. The van der Waals surface area contributed by atoms with Crippen molar-refractivity contribution in [1.29, 1.82) is 0 Å². The fraction of sp³-hybridized carbons (Fsp3) is 0.529. The predicted octanol–water partition coefficient (Wildman–Crippen LogP) is 1.73. The molecule has 2 aromatic rings. The van der Waals surface area contributed by atoms with Crippen LogP contribution in [-0.2, 0) is 16.4 Å². The van der Waals surface area contributed by atoms with Crippen LogP contribution < -0.4 is 4.74 Å². The van der Waals surface area contributed by atoms with Crippen LogP contribution in [0.3, 0.4) is 0 Å². The van der Waals surface area contributed by atoms with Crippen LogP contribution in [0.5, 0.6) is 5.75 Å². The number of benzene rings is 1. The Kier molecular flexibility index (Phi) is 3.40. The van der Waals surface area contributed by atoms with Crippen LogP contribution in [0.15, 0.2) is 29.3 Å². The summed E-state index contributed by atoms with van der Waals surface area (Å²) in [6.07, 6.45) is 5.90. The lowest BCUT2D eigenvalue weighted by atomic mass is 10.2. The third-order valence-electron chi connectivity index (χ3n) is 5.32. The quantitative estimate of drug-likeness (QED) is 0.830. The molecule has 7 nitrogen and oxygen atoms in total. The Balaban J connectivity index is 1.36. The van der Waals surface area contributed by atoms with Gasteiger partial charge in [-0.15, -0.1) is 5.10 Å². The van der Waals surface area contributed by atoms with E-state index in [1.165, 1.54) is 12.8 Å². The van der Waals surface area contributed by atoms with E-state index < -0.39 is 10.0 Å². The van der Waals surface area contributed by atoms with Crippen molar-refractivity contribution in [2.24, 2.45) is 0 Å². The molecule has 1 aliphatic carbocycles. The molecule has 1 saturated carbocycles. The number of sulfonamides is 1. The molecule has 8 heteroatoms. The Morgan fingerprint density at radius 3 is 2.92 bits per heavy atom. The van der Waals surface area contributed by atoms with Crippen molar-refractivity contribution in [3.8, 4) is 5.75 Å². The van der Waals surface area contributed by atoms with Gasteiger partial charge in [0.2, 0.25) is 10.0 Å². The molecule has 25 heavy (non-hydrogen) atoms. The average molecular weight is 360 g/mol. The molecule has 1 unspecified atom stereocenters. The van der Waals surface area contributed by atoms with E-state index in [4.69, 9.17) is 4.74 Å². The minimum absolute atomic E-state index is 0.0625. The van der Waals surface area contributed by atoms with Crippen LogP contribution in [0.25, 0.3) is 0 Å². The van der Waals surface area contributed by atoms with Gasteiger partial charge in [-0.05, 0) is 43.0 Å². The maximum atomic E-state index is 13.0. The SMILES string of the molecule is O=S(=O)(c1ccc2c(c1)CCO2)N1CCC(n2cc(C3CC3)nn2)C1. The molecule has 1 atom stereocenters. The lowest BCUT2D eigenvalue weighted by molar-refractivity contribution is 0.356. The van der Waals surface area contributed by atoms with Crippen LogP contribution in [0, 0.1) is 0 Å². The average Bonchev–Trinajstić information content (AvgIpc) is 3.07. The van der Waals surface area contributed by atoms with Crippen molar-refractivity contribution in [3.63, 3.8) is 0 Å². The second kappa shape index (κ2) is 5.54. The number of fused-ring (bicyclic) bond motifs is 1. The monoisotopic (exact) mass is 360 g/mol. The molecule has 0 radical (unpaired) electrons. The van der Waals surface area contributed by atoms with Crippen LogP contribution in [0.2, 0.25) is 0 Å². The maximum absolute atomic E-state index is 13.0. The Bertz CT molecular complexity index is 920. The third kappa shape index (κ3) is 2.64. The highest BCUT2D eigenvalue weighted by atomic mass is 32.2. The summed E-state index contributed by atoms with van der Waals surface area (Å²) in [5.74, 6) is 1.36. The first-order chi connectivity index (χ1) is 12.1. The summed E-state index contributed by atoms with van der Waals surface area (Å²) in [4.78, 5) is 0.356. The normalized spacial score (nSPS) is 23.6. The molecule has 1 saturated heterocycles. The van der Waals surface area contributed by atoms with Gasteiger partial charge in [0.05, 0.1) is 23.2 Å². The fourth-order valence-corrected chi connectivity index (χ4v) is 5.20. The van der Waals surface area contributed by atoms with Gasteiger partial charge < -0.3 is 4.74 Å². The van der Waals surface area contributed by atoms with E-state index in [-0.39, 0.29) is 6.04 Å². The van der Waals surface area contributed by atoms with Gasteiger partial charge in [-0.1, -0.05) is 5.21 Å². The number of aromatic nitrogens is 3. The molecular weight excluding hydrogens is 340 g/mol. The number of rotatable bonds is 4. The zero-order valence-corrected chi connectivity index (χ0v) is 14.7. The molecule has 1 aromatic carbocycles. The van der Waals surface area contributed by atoms with Crippen molar-refractivity contribution >= 4 is 10.0 Å². The molecule has 1 aromatic heterocycles. The number of hydrogen-bond donors (Lipinski definition) is 0. The molecule has 3 aliphatic rings. The second-order valence-corrected chi connectivity index (χ2v) is 9.01. The Morgan fingerprint density at radius 1 is 1.20 bits per heavy atom.